The fourth-order valence-corrected chi connectivity index (χ4v) is 3.14. The minimum absolute atomic E-state index is 0.498. The third-order valence-electron chi connectivity index (χ3n) is 3.72. The van der Waals surface area contributed by atoms with Crippen LogP contribution in [0.25, 0.3) is 0 Å². The molecule has 0 spiro atoms. The van der Waals surface area contributed by atoms with Gasteiger partial charge in [-0.1, -0.05) is 53.2 Å². The molecule has 2 aromatic carbocycles. The van der Waals surface area contributed by atoms with Gasteiger partial charge in [0, 0.05) is 11.0 Å². The number of hydrogen-bond donors (Lipinski definition) is 1. The van der Waals surface area contributed by atoms with E-state index in [0.717, 1.165) is 29.9 Å². The van der Waals surface area contributed by atoms with E-state index in [9.17, 15) is 0 Å². The average Bonchev–Trinajstić information content (AvgIpc) is 2.48. The Morgan fingerprint density at radius 1 is 1.19 bits per heavy atom. The van der Waals surface area contributed by atoms with Crippen LogP contribution in [-0.2, 0) is 0 Å². The van der Waals surface area contributed by atoms with E-state index in [2.05, 4.69) is 77.1 Å². The Labute approximate surface area is 135 Å². The first-order valence-corrected chi connectivity index (χ1v) is 7.97. The van der Waals surface area contributed by atoms with Crippen molar-refractivity contribution in [3.05, 3.63) is 58.1 Å². The van der Waals surface area contributed by atoms with Gasteiger partial charge in [-0.25, -0.2) is 0 Å². The lowest BCUT2D eigenvalue weighted by Crippen LogP contribution is -2.06. The van der Waals surface area contributed by atoms with Gasteiger partial charge in [-0.15, -0.1) is 0 Å². The molecular weight excluding hydrogens is 324 g/mol. The molecule has 0 fully saturated rings. The van der Waals surface area contributed by atoms with Gasteiger partial charge < -0.3 is 5.32 Å². The smallest absolute Gasteiger partial charge is 0.0882 e. The van der Waals surface area contributed by atoms with Crippen LogP contribution in [0.4, 0.5) is 11.4 Å². The predicted molar refractivity (Wildman–Crippen MR) is 96.1 cm³/mol. The highest BCUT2D eigenvalue weighted by Crippen LogP contribution is 2.30. The van der Waals surface area contributed by atoms with Crippen molar-refractivity contribution in [3.63, 3.8) is 0 Å². The molecule has 1 unspecified atom stereocenters. The van der Waals surface area contributed by atoms with Crippen molar-refractivity contribution in [1.29, 1.82) is 0 Å². The lowest BCUT2D eigenvalue weighted by Gasteiger charge is -2.16. The van der Waals surface area contributed by atoms with Crippen LogP contribution in [0.15, 0.2) is 51.9 Å². The molecule has 0 heterocycles. The number of aliphatic imine (C=N–C) groups is 1. The Morgan fingerprint density at radius 3 is 2.67 bits per heavy atom. The van der Waals surface area contributed by atoms with Crippen LogP contribution in [0.1, 0.15) is 30.4 Å². The second kappa shape index (κ2) is 7.41. The van der Waals surface area contributed by atoms with E-state index in [1.807, 2.05) is 12.1 Å². The molecule has 2 aromatic rings. The Balaban J connectivity index is 1.97. The van der Waals surface area contributed by atoms with Gasteiger partial charge in [0.25, 0.3) is 0 Å². The maximum Gasteiger partial charge on any atom is 0.0882 e. The summed E-state index contributed by atoms with van der Waals surface area (Å²) in [4.78, 5) is 4.12. The van der Waals surface area contributed by atoms with Crippen LogP contribution in [0.5, 0.6) is 0 Å². The van der Waals surface area contributed by atoms with Gasteiger partial charge in [0.2, 0.25) is 0 Å². The van der Waals surface area contributed by atoms with Crippen molar-refractivity contribution >= 4 is 34.0 Å². The summed E-state index contributed by atoms with van der Waals surface area (Å²) >= 11 is 3.62. The summed E-state index contributed by atoms with van der Waals surface area (Å²) in [6.45, 7) is 8.88. The molecule has 0 aromatic heterocycles. The van der Waals surface area contributed by atoms with Crippen molar-refractivity contribution < 1.29 is 0 Å². The van der Waals surface area contributed by atoms with Crippen LogP contribution in [0.3, 0.4) is 0 Å². The van der Waals surface area contributed by atoms with Gasteiger partial charge >= 0.3 is 0 Å². The normalized spacial score (nSPS) is 12.0. The average molecular weight is 345 g/mol. The van der Waals surface area contributed by atoms with E-state index in [0.29, 0.717) is 5.92 Å². The second-order valence-corrected chi connectivity index (χ2v) is 6.12. The van der Waals surface area contributed by atoms with Gasteiger partial charge in [0.15, 0.2) is 0 Å². The number of anilines is 1. The molecule has 110 valence electrons. The molecule has 0 radical (unpaired) electrons. The van der Waals surface area contributed by atoms with Crippen molar-refractivity contribution in [2.45, 2.75) is 26.2 Å². The van der Waals surface area contributed by atoms with E-state index in [4.69, 9.17) is 0 Å². The lowest BCUT2D eigenvalue weighted by molar-refractivity contribution is 0.703. The first-order valence-electron chi connectivity index (χ1n) is 7.18. The van der Waals surface area contributed by atoms with Gasteiger partial charge in [0.05, 0.1) is 11.4 Å². The molecule has 2 nitrogen and oxygen atoms in total. The summed E-state index contributed by atoms with van der Waals surface area (Å²) in [5.74, 6) is 0.498. The first-order chi connectivity index (χ1) is 10.1. The molecule has 0 aliphatic carbocycles. The summed E-state index contributed by atoms with van der Waals surface area (Å²) in [6, 6.07) is 14.6. The molecule has 21 heavy (non-hydrogen) atoms. The van der Waals surface area contributed by atoms with Gasteiger partial charge in [-0.2, -0.15) is 0 Å². The topological polar surface area (TPSA) is 24.4 Å². The highest BCUT2D eigenvalue weighted by atomic mass is 79.9. The van der Waals surface area contributed by atoms with Crippen molar-refractivity contribution in [3.8, 4) is 0 Å². The fourth-order valence-electron chi connectivity index (χ4n) is 2.47. The largest absolute Gasteiger partial charge is 0.383 e. The van der Waals surface area contributed by atoms with Gasteiger partial charge in [0.1, 0.15) is 0 Å². The molecule has 0 bridgehead atoms. The molecule has 1 atom stereocenters. The van der Waals surface area contributed by atoms with E-state index in [1.165, 1.54) is 10.0 Å². The van der Waals surface area contributed by atoms with Crippen LogP contribution >= 0.6 is 15.9 Å². The summed E-state index contributed by atoms with van der Waals surface area (Å²) in [6.07, 6.45) is 1.06. The Bertz CT molecular complexity index is 622. The summed E-state index contributed by atoms with van der Waals surface area (Å²) in [5.41, 5.74) is 4.51. The fraction of sp³-hybridized carbons (Fsp3) is 0.278. The third kappa shape index (κ3) is 3.94. The van der Waals surface area contributed by atoms with Crippen LogP contribution in [-0.4, -0.2) is 13.3 Å². The Hall–Kier alpha value is -1.61. The van der Waals surface area contributed by atoms with Crippen LogP contribution < -0.4 is 5.32 Å². The molecule has 0 amide bonds. The number of benzene rings is 2. The van der Waals surface area contributed by atoms with Crippen LogP contribution in [0.2, 0.25) is 0 Å². The molecule has 2 rings (SSSR count). The Kier molecular flexibility index (Phi) is 5.57. The predicted octanol–water partition coefficient (Wildman–Crippen LogP) is 5.70. The van der Waals surface area contributed by atoms with E-state index in [1.54, 1.807) is 0 Å². The number of para-hydroxylation sites is 1. The van der Waals surface area contributed by atoms with Crippen molar-refractivity contribution in [2.24, 2.45) is 4.99 Å². The highest BCUT2D eigenvalue weighted by molar-refractivity contribution is 9.10. The number of nitrogens with one attached hydrogen (secondary N) is 1. The zero-order valence-corrected chi connectivity index (χ0v) is 14.2. The number of rotatable bonds is 6. The quantitative estimate of drug-likeness (QED) is 0.668. The maximum absolute atomic E-state index is 4.12. The molecule has 0 saturated heterocycles. The SMILES string of the molecule is C=Nc1c(C)cccc1NCCC(C)c1ccccc1Br. The third-order valence-corrected chi connectivity index (χ3v) is 4.45. The lowest BCUT2D eigenvalue weighted by atomic mass is 9.98. The molecule has 3 heteroatoms. The van der Waals surface area contributed by atoms with E-state index >= 15 is 0 Å². The summed E-state index contributed by atoms with van der Waals surface area (Å²) in [7, 11) is 0. The number of nitrogens with zero attached hydrogens (tertiary/aromatic N) is 1. The standard InChI is InChI=1S/C18H21BrN2/c1-13(15-8-4-5-9-16(15)19)11-12-21-17-10-6-7-14(2)18(17)20-3/h4-10,13,21H,3,11-12H2,1-2H3. The van der Waals surface area contributed by atoms with Gasteiger partial charge in [-0.3, -0.25) is 4.99 Å². The molecule has 0 aliphatic heterocycles. The monoisotopic (exact) mass is 344 g/mol. The minimum atomic E-state index is 0.498. The zero-order chi connectivity index (χ0) is 15.2. The number of hydrogen-bond acceptors (Lipinski definition) is 2. The molecule has 1 N–H and O–H groups in total. The zero-order valence-electron chi connectivity index (χ0n) is 12.6. The van der Waals surface area contributed by atoms with Gasteiger partial charge in [-0.05, 0) is 49.2 Å². The maximum atomic E-state index is 4.12. The number of halogens is 1. The van der Waals surface area contributed by atoms with Crippen molar-refractivity contribution in [1.82, 2.24) is 0 Å². The molecule has 0 saturated carbocycles. The first kappa shape index (κ1) is 15.8. The highest BCUT2D eigenvalue weighted by Gasteiger charge is 2.09. The minimum Gasteiger partial charge on any atom is -0.383 e. The number of aryl methyl sites for hydroxylation is 1. The summed E-state index contributed by atoms with van der Waals surface area (Å²) < 4.78 is 1.18. The van der Waals surface area contributed by atoms with Crippen LogP contribution in [0, 0.1) is 6.92 Å². The van der Waals surface area contributed by atoms with Crippen molar-refractivity contribution in [2.75, 3.05) is 11.9 Å². The van der Waals surface area contributed by atoms with E-state index in [-0.39, 0.29) is 0 Å². The molecular formula is C18H21BrN2. The summed E-state index contributed by atoms with van der Waals surface area (Å²) in [5, 5.41) is 3.48. The Morgan fingerprint density at radius 2 is 1.95 bits per heavy atom. The second-order valence-electron chi connectivity index (χ2n) is 5.27. The molecule has 0 aliphatic rings. The van der Waals surface area contributed by atoms with E-state index < -0.39 is 0 Å².